The van der Waals surface area contributed by atoms with E-state index in [4.69, 9.17) is 10.5 Å². The summed E-state index contributed by atoms with van der Waals surface area (Å²) in [6, 6.07) is 5.35. The molecule has 0 amide bonds. The second-order valence-electron chi connectivity index (χ2n) is 4.31. The maximum Gasteiger partial charge on any atom is 0.337 e. The van der Waals surface area contributed by atoms with Gasteiger partial charge in [0.25, 0.3) is 0 Å². The van der Waals surface area contributed by atoms with Crippen molar-refractivity contribution in [1.29, 1.82) is 0 Å². The number of anilines is 2. The summed E-state index contributed by atoms with van der Waals surface area (Å²) in [6.07, 6.45) is 3.12. The third-order valence-corrected chi connectivity index (χ3v) is 2.84. The van der Waals surface area contributed by atoms with Gasteiger partial charge in [0.2, 0.25) is 0 Å². The number of hydrogen-bond donors (Lipinski definition) is 2. The highest BCUT2D eigenvalue weighted by atomic mass is 16.5. The summed E-state index contributed by atoms with van der Waals surface area (Å²) in [5.74, 6) is 0.0259. The van der Waals surface area contributed by atoms with Crippen LogP contribution in [0.5, 0.6) is 0 Å². The van der Waals surface area contributed by atoms with E-state index < -0.39 is 0 Å². The van der Waals surface area contributed by atoms with Crippen LogP contribution in [-0.2, 0) is 11.3 Å². The van der Waals surface area contributed by atoms with Crippen molar-refractivity contribution in [2.24, 2.45) is 0 Å². The quantitative estimate of drug-likeness (QED) is 0.824. The Hall–Kier alpha value is -2.63. The molecular weight excluding hydrogens is 256 g/mol. The molecule has 2 rings (SSSR count). The number of rotatable bonds is 4. The summed E-state index contributed by atoms with van der Waals surface area (Å²) in [5, 5.41) is 3.22. The lowest BCUT2D eigenvalue weighted by Gasteiger charge is -2.10. The summed E-state index contributed by atoms with van der Waals surface area (Å²) in [7, 11) is 1.36. The van der Waals surface area contributed by atoms with Crippen LogP contribution < -0.4 is 11.1 Å². The zero-order valence-corrected chi connectivity index (χ0v) is 11.4. The zero-order chi connectivity index (χ0) is 14.5. The second-order valence-corrected chi connectivity index (χ2v) is 4.31. The van der Waals surface area contributed by atoms with Crippen molar-refractivity contribution in [3.05, 3.63) is 47.4 Å². The molecule has 6 heteroatoms. The first-order valence-corrected chi connectivity index (χ1v) is 6.09. The second kappa shape index (κ2) is 6.01. The SMILES string of the molecule is COC(=O)c1ccc(C)c(NCc2cnc(N)cn2)c1. The molecule has 0 bridgehead atoms. The average molecular weight is 272 g/mol. The largest absolute Gasteiger partial charge is 0.465 e. The Kier molecular flexibility index (Phi) is 4.14. The van der Waals surface area contributed by atoms with Gasteiger partial charge in [0, 0.05) is 5.69 Å². The van der Waals surface area contributed by atoms with Gasteiger partial charge < -0.3 is 15.8 Å². The molecule has 2 aromatic rings. The predicted octanol–water partition coefficient (Wildman–Crippen LogP) is 1.77. The molecule has 0 radical (unpaired) electrons. The van der Waals surface area contributed by atoms with Crippen LogP contribution >= 0.6 is 0 Å². The Balaban J connectivity index is 2.12. The number of ether oxygens (including phenoxy) is 1. The van der Waals surface area contributed by atoms with Gasteiger partial charge in [0.05, 0.1) is 37.3 Å². The van der Waals surface area contributed by atoms with Crippen molar-refractivity contribution in [1.82, 2.24) is 9.97 Å². The topological polar surface area (TPSA) is 90.1 Å². The molecule has 0 aliphatic heterocycles. The van der Waals surface area contributed by atoms with Crippen LogP contribution in [-0.4, -0.2) is 23.0 Å². The number of nitrogens with two attached hydrogens (primary N) is 1. The van der Waals surface area contributed by atoms with E-state index in [9.17, 15) is 4.79 Å². The zero-order valence-electron chi connectivity index (χ0n) is 11.4. The van der Waals surface area contributed by atoms with Crippen LogP contribution in [0.15, 0.2) is 30.6 Å². The Morgan fingerprint density at radius 3 is 2.80 bits per heavy atom. The summed E-state index contributed by atoms with van der Waals surface area (Å²) in [4.78, 5) is 19.6. The summed E-state index contributed by atoms with van der Waals surface area (Å²) in [6.45, 7) is 2.46. The van der Waals surface area contributed by atoms with E-state index in [0.717, 1.165) is 16.9 Å². The molecular formula is C14H16N4O2. The molecule has 6 nitrogen and oxygen atoms in total. The number of aryl methyl sites for hydroxylation is 1. The first-order valence-electron chi connectivity index (χ1n) is 6.09. The Bertz CT molecular complexity index is 611. The fourth-order valence-electron chi connectivity index (χ4n) is 1.70. The van der Waals surface area contributed by atoms with Crippen molar-refractivity contribution in [3.8, 4) is 0 Å². The number of nitrogen functional groups attached to an aromatic ring is 1. The number of methoxy groups -OCH3 is 1. The molecule has 0 fully saturated rings. The lowest BCUT2D eigenvalue weighted by atomic mass is 10.1. The number of nitrogens with zero attached hydrogens (tertiary/aromatic N) is 2. The minimum atomic E-state index is -0.361. The van der Waals surface area contributed by atoms with Crippen LogP contribution in [0.4, 0.5) is 11.5 Å². The van der Waals surface area contributed by atoms with Gasteiger partial charge in [0.15, 0.2) is 0 Å². The fraction of sp³-hybridized carbons (Fsp3) is 0.214. The van der Waals surface area contributed by atoms with Crippen LogP contribution in [0.3, 0.4) is 0 Å². The van der Waals surface area contributed by atoms with Crippen LogP contribution in [0.25, 0.3) is 0 Å². The summed E-state index contributed by atoms with van der Waals surface area (Å²) >= 11 is 0. The van der Waals surface area contributed by atoms with Crippen LogP contribution in [0.2, 0.25) is 0 Å². The molecule has 0 aliphatic carbocycles. The lowest BCUT2D eigenvalue weighted by Crippen LogP contribution is -2.07. The van der Waals surface area contributed by atoms with Gasteiger partial charge in [-0.05, 0) is 24.6 Å². The van der Waals surface area contributed by atoms with E-state index in [2.05, 4.69) is 15.3 Å². The normalized spacial score (nSPS) is 10.1. The molecule has 0 atom stereocenters. The Morgan fingerprint density at radius 1 is 1.35 bits per heavy atom. The number of esters is 1. The molecule has 0 aliphatic rings. The van der Waals surface area contributed by atoms with Crippen molar-refractivity contribution in [2.45, 2.75) is 13.5 Å². The Labute approximate surface area is 117 Å². The molecule has 3 N–H and O–H groups in total. The van der Waals surface area contributed by atoms with Gasteiger partial charge in [-0.1, -0.05) is 6.07 Å². The first-order chi connectivity index (χ1) is 9.60. The number of hydrogen-bond acceptors (Lipinski definition) is 6. The molecule has 20 heavy (non-hydrogen) atoms. The lowest BCUT2D eigenvalue weighted by molar-refractivity contribution is 0.0601. The third-order valence-electron chi connectivity index (χ3n) is 2.84. The van der Waals surface area contributed by atoms with Gasteiger partial charge in [0.1, 0.15) is 5.82 Å². The number of nitrogens with one attached hydrogen (secondary N) is 1. The first kappa shape index (κ1) is 13.8. The summed E-state index contributed by atoms with van der Waals surface area (Å²) < 4.78 is 4.70. The molecule has 0 spiro atoms. The Morgan fingerprint density at radius 2 is 2.15 bits per heavy atom. The minimum absolute atomic E-state index is 0.361. The van der Waals surface area contributed by atoms with E-state index in [-0.39, 0.29) is 5.97 Å². The van der Waals surface area contributed by atoms with Crippen molar-refractivity contribution in [2.75, 3.05) is 18.2 Å². The van der Waals surface area contributed by atoms with E-state index >= 15 is 0 Å². The van der Waals surface area contributed by atoms with E-state index in [1.165, 1.54) is 13.3 Å². The van der Waals surface area contributed by atoms with Crippen molar-refractivity contribution in [3.63, 3.8) is 0 Å². The highest BCUT2D eigenvalue weighted by molar-refractivity contribution is 5.90. The average Bonchev–Trinajstić information content (AvgIpc) is 2.47. The monoisotopic (exact) mass is 272 g/mol. The van der Waals surface area contributed by atoms with E-state index in [1.54, 1.807) is 18.3 Å². The van der Waals surface area contributed by atoms with E-state index in [1.807, 2.05) is 13.0 Å². The van der Waals surface area contributed by atoms with Gasteiger partial charge in [-0.3, -0.25) is 4.98 Å². The highest BCUT2D eigenvalue weighted by Crippen LogP contribution is 2.18. The maximum atomic E-state index is 11.5. The molecule has 104 valence electrons. The number of carbonyl (C=O) groups excluding carboxylic acids is 1. The fourth-order valence-corrected chi connectivity index (χ4v) is 1.70. The molecule has 1 aromatic heterocycles. The van der Waals surface area contributed by atoms with Gasteiger partial charge in [-0.15, -0.1) is 0 Å². The van der Waals surface area contributed by atoms with Gasteiger partial charge >= 0.3 is 5.97 Å². The highest BCUT2D eigenvalue weighted by Gasteiger charge is 2.08. The smallest absolute Gasteiger partial charge is 0.337 e. The minimum Gasteiger partial charge on any atom is -0.465 e. The molecule has 1 heterocycles. The molecule has 1 aromatic carbocycles. The molecule has 0 unspecified atom stereocenters. The summed E-state index contributed by atoms with van der Waals surface area (Å²) in [5.41, 5.74) is 8.63. The standard InChI is InChI=1S/C14H16N4O2/c1-9-3-4-10(14(19)20-2)5-12(9)17-6-11-7-18-13(15)8-16-11/h3-5,7-8,17H,6H2,1-2H3,(H2,15,18). The van der Waals surface area contributed by atoms with Crippen molar-refractivity contribution < 1.29 is 9.53 Å². The van der Waals surface area contributed by atoms with Gasteiger partial charge in [-0.2, -0.15) is 0 Å². The van der Waals surface area contributed by atoms with Crippen LogP contribution in [0.1, 0.15) is 21.6 Å². The van der Waals surface area contributed by atoms with Gasteiger partial charge in [-0.25, -0.2) is 9.78 Å². The number of aromatic nitrogens is 2. The molecule has 0 saturated heterocycles. The van der Waals surface area contributed by atoms with Crippen molar-refractivity contribution >= 4 is 17.5 Å². The maximum absolute atomic E-state index is 11.5. The number of carbonyl (C=O) groups is 1. The third kappa shape index (κ3) is 3.23. The predicted molar refractivity (Wildman–Crippen MR) is 76.3 cm³/mol. The van der Waals surface area contributed by atoms with Crippen LogP contribution in [0, 0.1) is 6.92 Å². The van der Waals surface area contributed by atoms with E-state index in [0.29, 0.717) is 17.9 Å². The molecule has 0 saturated carbocycles. The number of benzene rings is 1.